The molecule has 21 heavy (non-hydrogen) atoms. The van der Waals surface area contributed by atoms with Gasteiger partial charge in [-0.15, -0.1) is 0 Å². The second-order valence-electron chi connectivity index (χ2n) is 6.35. The SMILES string of the molecule is C[C@@H](NC(=O)CSc1cccc[n+]1[O-])[C@H]1C[C@H]2CC[C@H]1C2. The van der Waals surface area contributed by atoms with Gasteiger partial charge in [-0.05, 0) is 61.8 Å². The van der Waals surface area contributed by atoms with Crippen molar-refractivity contribution < 1.29 is 9.52 Å². The largest absolute Gasteiger partial charge is 0.618 e. The lowest BCUT2D eigenvalue weighted by molar-refractivity contribution is -0.645. The van der Waals surface area contributed by atoms with Crippen LogP contribution >= 0.6 is 11.8 Å². The van der Waals surface area contributed by atoms with Crippen molar-refractivity contribution in [1.82, 2.24) is 5.32 Å². The highest BCUT2D eigenvalue weighted by Gasteiger charge is 2.42. The number of carbonyl (C=O) groups is 1. The van der Waals surface area contributed by atoms with Crippen LogP contribution in [0.1, 0.15) is 32.6 Å². The molecule has 0 aliphatic heterocycles. The van der Waals surface area contributed by atoms with Gasteiger partial charge < -0.3 is 10.5 Å². The highest BCUT2D eigenvalue weighted by molar-refractivity contribution is 7.99. The molecule has 1 heterocycles. The Bertz CT molecular complexity index is 523. The predicted octanol–water partition coefficient (Wildman–Crippen LogP) is 2.35. The fourth-order valence-electron chi connectivity index (χ4n) is 3.97. The third-order valence-electron chi connectivity index (χ3n) is 4.96. The van der Waals surface area contributed by atoms with Crippen LogP contribution in [0.3, 0.4) is 0 Å². The van der Waals surface area contributed by atoms with Crippen LogP contribution in [-0.2, 0) is 4.79 Å². The molecule has 2 saturated carbocycles. The summed E-state index contributed by atoms with van der Waals surface area (Å²) < 4.78 is 0.803. The summed E-state index contributed by atoms with van der Waals surface area (Å²) in [4.78, 5) is 12.1. The Labute approximate surface area is 129 Å². The number of fused-ring (bicyclic) bond motifs is 2. The van der Waals surface area contributed by atoms with Gasteiger partial charge in [-0.3, -0.25) is 4.79 Å². The second kappa shape index (κ2) is 6.26. The molecular formula is C16H22N2O2S. The van der Waals surface area contributed by atoms with Gasteiger partial charge in [0.2, 0.25) is 5.91 Å². The molecule has 114 valence electrons. The van der Waals surface area contributed by atoms with E-state index in [0.717, 1.165) is 16.6 Å². The number of aromatic nitrogens is 1. The summed E-state index contributed by atoms with van der Waals surface area (Å²) in [5.74, 6) is 2.70. The second-order valence-corrected chi connectivity index (χ2v) is 7.34. The van der Waals surface area contributed by atoms with Gasteiger partial charge in [-0.25, -0.2) is 0 Å². The van der Waals surface area contributed by atoms with Gasteiger partial charge in [-0.2, -0.15) is 4.73 Å². The minimum absolute atomic E-state index is 0.0270. The first-order chi connectivity index (χ1) is 10.1. The highest BCUT2D eigenvalue weighted by atomic mass is 32.2. The van der Waals surface area contributed by atoms with Crippen LogP contribution in [0.15, 0.2) is 29.4 Å². The summed E-state index contributed by atoms with van der Waals surface area (Å²) in [5.41, 5.74) is 0. The Morgan fingerprint density at radius 3 is 3.00 bits per heavy atom. The molecule has 1 aromatic heterocycles. The Morgan fingerprint density at radius 2 is 2.33 bits per heavy atom. The van der Waals surface area contributed by atoms with Gasteiger partial charge in [0.15, 0.2) is 6.20 Å². The van der Waals surface area contributed by atoms with Crippen molar-refractivity contribution >= 4 is 17.7 Å². The van der Waals surface area contributed by atoms with E-state index in [9.17, 15) is 10.0 Å². The Balaban J connectivity index is 1.47. The number of amides is 1. The number of hydrogen-bond donors (Lipinski definition) is 1. The van der Waals surface area contributed by atoms with Crippen molar-refractivity contribution in [2.24, 2.45) is 17.8 Å². The molecule has 0 aromatic carbocycles. The van der Waals surface area contributed by atoms with Gasteiger partial charge in [0.05, 0.1) is 5.75 Å². The van der Waals surface area contributed by atoms with E-state index in [2.05, 4.69) is 12.2 Å². The summed E-state index contributed by atoms with van der Waals surface area (Å²) in [7, 11) is 0. The molecule has 4 atom stereocenters. The molecule has 2 bridgehead atoms. The van der Waals surface area contributed by atoms with Crippen LogP contribution in [0.2, 0.25) is 0 Å². The van der Waals surface area contributed by atoms with E-state index in [4.69, 9.17) is 0 Å². The third-order valence-corrected chi connectivity index (χ3v) is 5.98. The molecular weight excluding hydrogens is 284 g/mol. The zero-order valence-corrected chi connectivity index (χ0v) is 13.1. The molecule has 4 nitrogen and oxygen atoms in total. The Morgan fingerprint density at radius 1 is 1.48 bits per heavy atom. The Kier molecular flexibility index (Phi) is 4.38. The van der Waals surface area contributed by atoms with Crippen molar-refractivity contribution in [3.8, 4) is 0 Å². The van der Waals surface area contributed by atoms with E-state index >= 15 is 0 Å². The number of pyridine rings is 1. The summed E-state index contributed by atoms with van der Waals surface area (Å²) in [5, 5.41) is 15.2. The minimum Gasteiger partial charge on any atom is -0.618 e. The molecule has 0 radical (unpaired) electrons. The lowest BCUT2D eigenvalue weighted by Crippen LogP contribution is -2.41. The van der Waals surface area contributed by atoms with E-state index in [1.165, 1.54) is 43.6 Å². The molecule has 2 aliphatic carbocycles. The number of hydrogen-bond acceptors (Lipinski definition) is 3. The summed E-state index contributed by atoms with van der Waals surface area (Å²) in [6.07, 6.45) is 6.82. The maximum absolute atomic E-state index is 12.1. The molecule has 1 amide bonds. The van der Waals surface area contributed by atoms with Crippen LogP contribution in [0.4, 0.5) is 0 Å². The molecule has 5 heteroatoms. The van der Waals surface area contributed by atoms with E-state index < -0.39 is 0 Å². The molecule has 0 unspecified atom stereocenters. The first-order valence-electron chi connectivity index (χ1n) is 7.74. The number of nitrogens with zero attached hydrogens (tertiary/aromatic N) is 1. The van der Waals surface area contributed by atoms with Crippen LogP contribution in [0.25, 0.3) is 0 Å². The fourth-order valence-corrected chi connectivity index (χ4v) is 4.70. The van der Waals surface area contributed by atoms with Crippen molar-refractivity contribution in [3.63, 3.8) is 0 Å². The monoisotopic (exact) mass is 306 g/mol. The van der Waals surface area contributed by atoms with Crippen LogP contribution in [0, 0.1) is 23.0 Å². The van der Waals surface area contributed by atoms with Gasteiger partial charge in [0, 0.05) is 18.2 Å². The van der Waals surface area contributed by atoms with E-state index in [0.29, 0.717) is 16.7 Å². The van der Waals surface area contributed by atoms with E-state index in [1.54, 1.807) is 12.1 Å². The Hall–Kier alpha value is -1.23. The van der Waals surface area contributed by atoms with Crippen LogP contribution in [0.5, 0.6) is 0 Å². The number of thioether (sulfide) groups is 1. The first kappa shape index (κ1) is 14.7. The summed E-state index contributed by atoms with van der Waals surface area (Å²) in [6, 6.07) is 5.49. The molecule has 1 aromatic rings. The zero-order valence-electron chi connectivity index (χ0n) is 12.3. The highest BCUT2D eigenvalue weighted by Crippen LogP contribution is 2.49. The zero-order chi connectivity index (χ0) is 14.8. The maximum atomic E-state index is 12.1. The van der Waals surface area contributed by atoms with Gasteiger partial charge in [-0.1, -0.05) is 6.42 Å². The van der Waals surface area contributed by atoms with Crippen molar-refractivity contribution in [2.45, 2.75) is 43.7 Å². The normalized spacial score (nSPS) is 28.5. The van der Waals surface area contributed by atoms with Crippen molar-refractivity contribution in [1.29, 1.82) is 0 Å². The molecule has 0 spiro atoms. The lowest BCUT2D eigenvalue weighted by Gasteiger charge is -2.28. The van der Waals surface area contributed by atoms with Crippen molar-refractivity contribution in [2.75, 3.05) is 5.75 Å². The molecule has 1 N–H and O–H groups in total. The average Bonchev–Trinajstić information content (AvgIpc) is 3.09. The molecule has 3 rings (SSSR count). The maximum Gasteiger partial charge on any atom is 0.251 e. The summed E-state index contributed by atoms with van der Waals surface area (Å²) in [6.45, 7) is 2.13. The lowest BCUT2D eigenvalue weighted by atomic mass is 9.84. The first-order valence-corrected chi connectivity index (χ1v) is 8.72. The van der Waals surface area contributed by atoms with Gasteiger partial charge in [0.1, 0.15) is 0 Å². The van der Waals surface area contributed by atoms with Gasteiger partial charge in [0.25, 0.3) is 5.03 Å². The number of rotatable bonds is 5. The standard InChI is InChI=1S/C16H22N2O2S/c1-11(14-9-12-5-6-13(14)8-12)17-15(19)10-21-16-4-2-3-7-18(16)20/h2-4,7,11-14H,5-6,8-10H2,1H3,(H,17,19)/t11-,12+,13+,14-/m1/s1. The smallest absolute Gasteiger partial charge is 0.251 e. The number of carbonyl (C=O) groups excluding carboxylic acids is 1. The molecule has 2 aliphatic rings. The fraction of sp³-hybridized carbons (Fsp3) is 0.625. The van der Waals surface area contributed by atoms with Crippen LogP contribution in [-0.4, -0.2) is 17.7 Å². The third kappa shape index (κ3) is 3.34. The summed E-state index contributed by atoms with van der Waals surface area (Å²) >= 11 is 1.29. The minimum atomic E-state index is 0.0270. The topological polar surface area (TPSA) is 56.0 Å². The predicted molar refractivity (Wildman–Crippen MR) is 82.7 cm³/mol. The van der Waals surface area contributed by atoms with Crippen molar-refractivity contribution in [3.05, 3.63) is 29.6 Å². The quantitative estimate of drug-likeness (QED) is 0.516. The van der Waals surface area contributed by atoms with E-state index in [1.807, 2.05) is 6.07 Å². The van der Waals surface area contributed by atoms with Gasteiger partial charge >= 0.3 is 0 Å². The average molecular weight is 306 g/mol. The molecule has 0 saturated heterocycles. The van der Waals surface area contributed by atoms with Crippen LogP contribution < -0.4 is 10.0 Å². The van der Waals surface area contributed by atoms with E-state index in [-0.39, 0.29) is 11.9 Å². The number of nitrogens with one attached hydrogen (secondary N) is 1. The molecule has 2 fully saturated rings.